The highest BCUT2D eigenvalue weighted by Gasteiger charge is 2.18. The van der Waals surface area contributed by atoms with Crippen LogP contribution in [0.2, 0.25) is 0 Å². The van der Waals surface area contributed by atoms with Crippen molar-refractivity contribution in [2.75, 3.05) is 6.54 Å². The molecule has 25 heavy (non-hydrogen) atoms. The summed E-state index contributed by atoms with van der Waals surface area (Å²) in [5, 5.41) is 2.91. The minimum atomic E-state index is -0.529. The van der Waals surface area contributed by atoms with Gasteiger partial charge in [-0.25, -0.2) is 0 Å². The highest BCUT2D eigenvalue weighted by molar-refractivity contribution is 5.83. The van der Waals surface area contributed by atoms with Crippen LogP contribution in [0.5, 0.6) is 11.5 Å². The Morgan fingerprint density at radius 1 is 1.00 bits per heavy atom. The summed E-state index contributed by atoms with van der Waals surface area (Å²) in [5.41, 5.74) is 0.679. The monoisotopic (exact) mass is 349 g/mol. The predicted octanol–water partition coefficient (Wildman–Crippen LogP) is 3.34. The van der Waals surface area contributed by atoms with Gasteiger partial charge in [0.1, 0.15) is 0 Å². The van der Waals surface area contributed by atoms with Gasteiger partial charge in [-0.3, -0.25) is 14.4 Å². The van der Waals surface area contributed by atoms with Crippen LogP contribution >= 0.6 is 0 Å². The van der Waals surface area contributed by atoms with E-state index in [4.69, 9.17) is 9.47 Å². The Balaban J connectivity index is 2.79. The maximum Gasteiger partial charge on any atom is 0.308 e. The molecule has 0 aliphatic heterocycles. The van der Waals surface area contributed by atoms with Crippen molar-refractivity contribution in [3.8, 4) is 11.5 Å². The van der Waals surface area contributed by atoms with E-state index in [1.807, 2.05) is 0 Å². The van der Waals surface area contributed by atoms with Crippen LogP contribution in [0.15, 0.2) is 18.2 Å². The number of carbonyl (C=O) groups excluding carboxylic acids is 3. The molecular weight excluding hydrogens is 322 g/mol. The molecule has 6 nitrogen and oxygen atoms in total. The molecule has 1 unspecified atom stereocenters. The van der Waals surface area contributed by atoms with Crippen molar-refractivity contribution in [2.24, 2.45) is 0 Å². The second kappa shape index (κ2) is 10.5. The van der Waals surface area contributed by atoms with E-state index in [2.05, 4.69) is 12.2 Å². The molecule has 0 saturated heterocycles. The summed E-state index contributed by atoms with van der Waals surface area (Å²) in [4.78, 5) is 34.7. The fraction of sp³-hybridized carbons (Fsp3) is 0.526. The lowest BCUT2D eigenvalue weighted by atomic mass is 9.99. The van der Waals surface area contributed by atoms with E-state index in [0.29, 0.717) is 12.1 Å². The average molecular weight is 349 g/mol. The lowest BCUT2D eigenvalue weighted by Gasteiger charge is -2.15. The molecule has 1 aromatic carbocycles. The molecular formula is C19H27NO5. The van der Waals surface area contributed by atoms with Crippen LogP contribution in [0.3, 0.4) is 0 Å². The molecule has 0 aromatic heterocycles. The molecule has 0 spiro atoms. The summed E-state index contributed by atoms with van der Waals surface area (Å²) in [6.07, 6.45) is 4.36. The van der Waals surface area contributed by atoms with Gasteiger partial charge >= 0.3 is 11.9 Å². The summed E-state index contributed by atoms with van der Waals surface area (Å²) in [7, 11) is 0. The fourth-order valence-electron chi connectivity index (χ4n) is 2.34. The number of benzene rings is 1. The van der Waals surface area contributed by atoms with Crippen molar-refractivity contribution in [3.05, 3.63) is 23.8 Å². The molecule has 0 aliphatic carbocycles. The van der Waals surface area contributed by atoms with Crippen molar-refractivity contribution in [3.63, 3.8) is 0 Å². The normalized spacial score (nSPS) is 11.5. The summed E-state index contributed by atoms with van der Waals surface area (Å²) in [6, 6.07) is 4.77. The summed E-state index contributed by atoms with van der Waals surface area (Å²) in [5.74, 6) is -1.27. The molecule has 138 valence electrons. The van der Waals surface area contributed by atoms with Gasteiger partial charge in [-0.05, 0) is 31.0 Å². The number of amides is 1. The molecule has 1 N–H and O–H groups in total. The Bertz CT molecular complexity index is 612. The molecule has 1 rings (SSSR count). The lowest BCUT2D eigenvalue weighted by Crippen LogP contribution is -2.28. The third-order valence-electron chi connectivity index (χ3n) is 3.70. The predicted molar refractivity (Wildman–Crippen MR) is 94.6 cm³/mol. The molecule has 6 heteroatoms. The van der Waals surface area contributed by atoms with E-state index in [0.717, 1.165) is 25.7 Å². The maximum atomic E-state index is 12.3. The van der Waals surface area contributed by atoms with Gasteiger partial charge in [0, 0.05) is 20.4 Å². The van der Waals surface area contributed by atoms with Crippen LogP contribution in [0.1, 0.15) is 64.9 Å². The molecule has 1 aromatic rings. The molecule has 1 atom stereocenters. The summed E-state index contributed by atoms with van der Waals surface area (Å²) < 4.78 is 10.1. The standard InChI is InChI=1S/C19H27NO5/c1-5-6-7-8-11-20-19(23)13(2)16-9-10-17(24-14(3)21)18(12-16)25-15(4)22/h9-10,12-13H,5-8,11H2,1-4H3,(H,20,23). The lowest BCUT2D eigenvalue weighted by molar-refractivity contribution is -0.134. The first kappa shape index (κ1) is 20.7. The second-order valence-corrected chi connectivity index (χ2v) is 5.97. The Kier molecular flexibility index (Phi) is 8.67. The second-order valence-electron chi connectivity index (χ2n) is 5.97. The Hall–Kier alpha value is -2.37. The first-order valence-electron chi connectivity index (χ1n) is 8.63. The fourth-order valence-corrected chi connectivity index (χ4v) is 2.34. The maximum absolute atomic E-state index is 12.3. The van der Waals surface area contributed by atoms with Gasteiger partial charge in [-0.1, -0.05) is 32.3 Å². The molecule has 0 saturated carbocycles. The van der Waals surface area contributed by atoms with Gasteiger partial charge in [0.05, 0.1) is 5.92 Å². The third kappa shape index (κ3) is 7.37. The average Bonchev–Trinajstić information content (AvgIpc) is 2.54. The Morgan fingerprint density at radius 3 is 2.24 bits per heavy atom. The van der Waals surface area contributed by atoms with Crippen LogP contribution in [0.25, 0.3) is 0 Å². The van der Waals surface area contributed by atoms with Crippen molar-refractivity contribution < 1.29 is 23.9 Å². The van der Waals surface area contributed by atoms with Crippen molar-refractivity contribution in [2.45, 2.75) is 59.3 Å². The molecule has 0 bridgehead atoms. The summed E-state index contributed by atoms with van der Waals surface area (Å²) in [6.45, 7) is 7.09. The first-order chi connectivity index (χ1) is 11.8. The van der Waals surface area contributed by atoms with Crippen LogP contribution < -0.4 is 14.8 Å². The van der Waals surface area contributed by atoms with Crippen LogP contribution in [0, 0.1) is 0 Å². The number of unbranched alkanes of at least 4 members (excludes halogenated alkanes) is 3. The first-order valence-corrected chi connectivity index (χ1v) is 8.63. The largest absolute Gasteiger partial charge is 0.423 e. The highest BCUT2D eigenvalue weighted by atomic mass is 16.6. The molecule has 0 radical (unpaired) electrons. The van der Waals surface area contributed by atoms with Crippen molar-refractivity contribution >= 4 is 17.8 Å². The van der Waals surface area contributed by atoms with E-state index >= 15 is 0 Å². The number of carbonyl (C=O) groups is 3. The molecule has 0 fully saturated rings. The van der Waals surface area contributed by atoms with Gasteiger partial charge in [-0.2, -0.15) is 0 Å². The number of hydrogen-bond acceptors (Lipinski definition) is 5. The van der Waals surface area contributed by atoms with E-state index in [1.54, 1.807) is 19.1 Å². The van der Waals surface area contributed by atoms with E-state index in [9.17, 15) is 14.4 Å². The van der Waals surface area contributed by atoms with Gasteiger partial charge in [0.2, 0.25) is 5.91 Å². The SMILES string of the molecule is CCCCCCNC(=O)C(C)c1ccc(OC(C)=O)c(OC(C)=O)c1. The van der Waals surface area contributed by atoms with Gasteiger partial charge in [-0.15, -0.1) is 0 Å². The zero-order valence-corrected chi connectivity index (χ0v) is 15.4. The zero-order valence-electron chi connectivity index (χ0n) is 15.4. The number of esters is 2. The number of nitrogens with one attached hydrogen (secondary N) is 1. The Morgan fingerprint density at radius 2 is 1.64 bits per heavy atom. The van der Waals surface area contributed by atoms with E-state index in [1.165, 1.54) is 19.9 Å². The van der Waals surface area contributed by atoms with E-state index in [-0.39, 0.29) is 17.4 Å². The van der Waals surface area contributed by atoms with Gasteiger partial charge in [0.15, 0.2) is 11.5 Å². The minimum absolute atomic E-state index is 0.0921. The molecule has 0 heterocycles. The van der Waals surface area contributed by atoms with Crippen LogP contribution in [-0.2, 0) is 14.4 Å². The molecule has 1 amide bonds. The number of rotatable bonds is 9. The van der Waals surface area contributed by atoms with Gasteiger partial charge < -0.3 is 14.8 Å². The van der Waals surface area contributed by atoms with Gasteiger partial charge in [0.25, 0.3) is 0 Å². The summed E-state index contributed by atoms with van der Waals surface area (Å²) >= 11 is 0. The van der Waals surface area contributed by atoms with Crippen molar-refractivity contribution in [1.29, 1.82) is 0 Å². The van der Waals surface area contributed by atoms with E-state index < -0.39 is 17.9 Å². The Labute approximate surface area is 148 Å². The third-order valence-corrected chi connectivity index (χ3v) is 3.70. The highest BCUT2D eigenvalue weighted by Crippen LogP contribution is 2.31. The van der Waals surface area contributed by atoms with Crippen molar-refractivity contribution in [1.82, 2.24) is 5.32 Å². The zero-order chi connectivity index (χ0) is 18.8. The topological polar surface area (TPSA) is 81.7 Å². The smallest absolute Gasteiger partial charge is 0.308 e. The number of ether oxygens (including phenoxy) is 2. The number of hydrogen-bond donors (Lipinski definition) is 1. The molecule has 0 aliphatic rings. The van der Waals surface area contributed by atoms with Crippen LogP contribution in [-0.4, -0.2) is 24.4 Å². The quantitative estimate of drug-likeness (QED) is 0.420. The van der Waals surface area contributed by atoms with Crippen LogP contribution in [0.4, 0.5) is 0 Å². The minimum Gasteiger partial charge on any atom is -0.423 e.